The number of amides is 1. The zero-order valence-electron chi connectivity index (χ0n) is 11.3. The second kappa shape index (κ2) is 5.67. The molecule has 0 aromatic rings. The summed E-state index contributed by atoms with van der Waals surface area (Å²) < 4.78 is 5.94. The van der Waals surface area contributed by atoms with Crippen LogP contribution in [0.5, 0.6) is 0 Å². The minimum absolute atomic E-state index is 0.103. The third kappa shape index (κ3) is 4.15. The fraction of sp³-hybridized carbons (Fsp3) is 0.833. The minimum atomic E-state index is -0.383. The highest BCUT2D eigenvalue weighted by atomic mass is 16.5. The number of rotatable bonds is 5. The molecule has 0 saturated carbocycles. The molecule has 4 nitrogen and oxygen atoms in total. The van der Waals surface area contributed by atoms with Gasteiger partial charge in [-0.15, -0.1) is 0 Å². The van der Waals surface area contributed by atoms with E-state index in [9.17, 15) is 4.79 Å². The maximum Gasteiger partial charge on any atom is 0.280 e. The van der Waals surface area contributed by atoms with E-state index in [2.05, 4.69) is 32.7 Å². The molecule has 1 atom stereocenters. The molecule has 0 aromatic heterocycles. The van der Waals surface area contributed by atoms with Gasteiger partial charge in [0.25, 0.3) is 13.4 Å². The first-order chi connectivity index (χ1) is 7.83. The van der Waals surface area contributed by atoms with Gasteiger partial charge in [0.05, 0.1) is 5.71 Å². The molecule has 0 aliphatic carbocycles. The van der Waals surface area contributed by atoms with Gasteiger partial charge in [-0.3, -0.25) is 9.79 Å². The van der Waals surface area contributed by atoms with E-state index in [-0.39, 0.29) is 11.5 Å². The van der Waals surface area contributed by atoms with Crippen LogP contribution in [0.4, 0.5) is 0 Å². The molecule has 1 aliphatic heterocycles. The summed E-state index contributed by atoms with van der Waals surface area (Å²) in [5.74, 6) is 0.513. The van der Waals surface area contributed by atoms with Crippen molar-refractivity contribution in [2.24, 2.45) is 16.6 Å². The summed E-state index contributed by atoms with van der Waals surface area (Å²) in [6, 6.07) is 0. The van der Waals surface area contributed by atoms with E-state index < -0.39 is 0 Å². The number of primary amides is 1. The van der Waals surface area contributed by atoms with E-state index in [0.29, 0.717) is 37.9 Å². The maximum atomic E-state index is 10.9. The van der Waals surface area contributed by atoms with Crippen LogP contribution in [-0.2, 0) is 9.45 Å². The summed E-state index contributed by atoms with van der Waals surface area (Å²) in [7, 11) is 0.709. The predicted octanol–water partition coefficient (Wildman–Crippen LogP) is 1.30. The van der Waals surface area contributed by atoms with E-state index in [1.807, 2.05) is 0 Å². The van der Waals surface area contributed by atoms with Gasteiger partial charge in [-0.1, -0.05) is 13.8 Å². The molecule has 17 heavy (non-hydrogen) atoms. The van der Waals surface area contributed by atoms with Crippen LogP contribution in [0.2, 0.25) is 5.82 Å². The molecule has 1 aliphatic rings. The topological polar surface area (TPSA) is 64.7 Å². The van der Waals surface area contributed by atoms with Crippen molar-refractivity contribution < 1.29 is 9.45 Å². The number of hydrogen-bond acceptors (Lipinski definition) is 3. The van der Waals surface area contributed by atoms with Gasteiger partial charge in [0.15, 0.2) is 0 Å². The quantitative estimate of drug-likeness (QED) is 0.733. The van der Waals surface area contributed by atoms with Gasteiger partial charge < -0.3 is 10.4 Å². The highest BCUT2D eigenvalue weighted by Crippen LogP contribution is 2.24. The lowest BCUT2D eigenvalue weighted by Crippen LogP contribution is -2.35. The molecule has 0 bridgehead atoms. The fourth-order valence-electron chi connectivity index (χ4n) is 1.59. The average molecular weight is 238 g/mol. The molecule has 0 saturated heterocycles. The third-order valence-corrected chi connectivity index (χ3v) is 3.70. The number of aliphatic imine (C=N–C) groups is 1. The molecule has 1 unspecified atom stereocenters. The molecule has 0 spiro atoms. The summed E-state index contributed by atoms with van der Waals surface area (Å²) in [6.45, 7) is 9.19. The maximum absolute atomic E-state index is 10.9. The van der Waals surface area contributed by atoms with E-state index in [4.69, 9.17) is 10.4 Å². The lowest BCUT2D eigenvalue weighted by atomic mass is 9.74. The van der Waals surface area contributed by atoms with E-state index in [1.165, 1.54) is 0 Å². The van der Waals surface area contributed by atoms with Crippen molar-refractivity contribution in [3.63, 3.8) is 0 Å². The number of carbonyl (C=O) groups is 1. The highest BCUT2D eigenvalue weighted by molar-refractivity contribution is 6.39. The van der Waals surface area contributed by atoms with Crippen LogP contribution >= 0.6 is 0 Å². The van der Waals surface area contributed by atoms with Crippen molar-refractivity contribution in [3.05, 3.63) is 0 Å². The van der Waals surface area contributed by atoms with Crippen LogP contribution in [0.1, 0.15) is 40.5 Å². The van der Waals surface area contributed by atoms with Gasteiger partial charge in [-0.25, -0.2) is 0 Å². The molecule has 1 amide bonds. The van der Waals surface area contributed by atoms with Crippen LogP contribution in [-0.4, -0.2) is 31.2 Å². The molecule has 5 heteroatoms. The lowest BCUT2D eigenvalue weighted by Gasteiger charge is -2.32. The van der Waals surface area contributed by atoms with E-state index in [0.717, 1.165) is 6.42 Å². The molecule has 0 aromatic carbocycles. The molecule has 96 valence electrons. The first-order valence-electron chi connectivity index (χ1n) is 6.30. The molecule has 2 N–H and O–H groups in total. The van der Waals surface area contributed by atoms with Gasteiger partial charge >= 0.3 is 0 Å². The van der Waals surface area contributed by atoms with Gasteiger partial charge in [0.1, 0.15) is 0 Å². The number of hydrogen-bond donors (Lipinski definition) is 1. The Kier molecular flexibility index (Phi) is 4.75. The van der Waals surface area contributed by atoms with Gasteiger partial charge in [0.2, 0.25) is 0 Å². The Morgan fingerprint density at radius 1 is 1.59 bits per heavy atom. The smallest absolute Gasteiger partial charge is 0.280 e. The Balaban J connectivity index is 2.39. The van der Waals surface area contributed by atoms with E-state index in [1.54, 1.807) is 0 Å². The number of carbonyl (C=O) groups excluding carboxylic acids is 1. The summed E-state index contributed by atoms with van der Waals surface area (Å²) in [5.41, 5.74) is 5.62. The molecule has 1 heterocycles. The van der Waals surface area contributed by atoms with Crippen molar-refractivity contribution in [2.75, 3.05) is 6.54 Å². The van der Waals surface area contributed by atoms with Crippen molar-refractivity contribution in [1.29, 1.82) is 0 Å². The normalized spacial score (nSPS) is 21.2. The molecule has 1 rings (SSSR count). The molecule has 0 fully saturated rings. The van der Waals surface area contributed by atoms with Gasteiger partial charge in [-0.05, 0) is 38.4 Å². The van der Waals surface area contributed by atoms with Crippen LogP contribution in [0, 0.1) is 5.92 Å². The monoisotopic (exact) mass is 238 g/mol. The largest absolute Gasteiger partial charge is 0.434 e. The SMILES string of the molecule is CC(C)C(C)(C)OBC1CCC(C(N)=O)=NC1. The second-order valence-corrected chi connectivity index (χ2v) is 5.63. The Morgan fingerprint density at radius 2 is 2.24 bits per heavy atom. The van der Waals surface area contributed by atoms with Crippen LogP contribution in [0.25, 0.3) is 0 Å². The summed E-state index contributed by atoms with van der Waals surface area (Å²) in [4.78, 5) is 15.1. The summed E-state index contributed by atoms with van der Waals surface area (Å²) in [6.07, 6.45) is 1.63. The Morgan fingerprint density at radius 3 is 2.65 bits per heavy atom. The van der Waals surface area contributed by atoms with Crippen LogP contribution < -0.4 is 5.73 Å². The standard InChI is InChI=1S/C12H23BN2O2/c1-8(2)12(3,4)17-13-9-5-6-10(11(14)16)15-7-9/h8-9,13H,5-7H2,1-4H3,(H2,14,16). The Hall–Kier alpha value is -0.835. The minimum Gasteiger partial charge on any atom is -0.434 e. The van der Waals surface area contributed by atoms with E-state index >= 15 is 0 Å². The number of nitrogens with two attached hydrogens (primary N) is 1. The third-order valence-electron chi connectivity index (χ3n) is 3.70. The van der Waals surface area contributed by atoms with Crippen LogP contribution in [0.15, 0.2) is 4.99 Å². The van der Waals surface area contributed by atoms with Crippen molar-refractivity contribution in [1.82, 2.24) is 0 Å². The average Bonchev–Trinajstić information content (AvgIpc) is 2.27. The molecular weight excluding hydrogens is 215 g/mol. The highest BCUT2D eigenvalue weighted by Gasteiger charge is 2.26. The van der Waals surface area contributed by atoms with Crippen LogP contribution in [0.3, 0.4) is 0 Å². The second-order valence-electron chi connectivity index (χ2n) is 5.63. The summed E-state index contributed by atoms with van der Waals surface area (Å²) >= 11 is 0. The summed E-state index contributed by atoms with van der Waals surface area (Å²) in [5, 5.41) is 0. The first kappa shape index (κ1) is 14.2. The van der Waals surface area contributed by atoms with Crippen molar-refractivity contribution >= 4 is 19.1 Å². The lowest BCUT2D eigenvalue weighted by molar-refractivity contribution is -0.112. The molecular formula is C12H23BN2O2. The van der Waals surface area contributed by atoms with Gasteiger partial charge in [0, 0.05) is 12.1 Å². The number of nitrogens with zero attached hydrogens (tertiary/aromatic N) is 1. The predicted molar refractivity (Wildman–Crippen MR) is 71.6 cm³/mol. The van der Waals surface area contributed by atoms with Crippen molar-refractivity contribution in [2.45, 2.75) is 52.0 Å². The zero-order valence-corrected chi connectivity index (χ0v) is 11.3. The van der Waals surface area contributed by atoms with Crippen molar-refractivity contribution in [3.8, 4) is 0 Å². The first-order valence-corrected chi connectivity index (χ1v) is 6.30. The zero-order chi connectivity index (χ0) is 13.1. The Labute approximate surface area is 104 Å². The van der Waals surface area contributed by atoms with Gasteiger partial charge in [-0.2, -0.15) is 0 Å². The fourth-order valence-corrected chi connectivity index (χ4v) is 1.59. The molecule has 0 radical (unpaired) electrons. The Bertz CT molecular complexity index is 314.